The summed E-state index contributed by atoms with van der Waals surface area (Å²) in [4.78, 5) is 3.58. The third-order valence-corrected chi connectivity index (χ3v) is 5.45. The normalized spacial score (nSPS) is 12.9. The topological polar surface area (TPSA) is 64.0 Å². The highest BCUT2D eigenvalue weighted by molar-refractivity contribution is 7.89. The van der Waals surface area contributed by atoms with Crippen LogP contribution >= 0.6 is 11.6 Å². The van der Waals surface area contributed by atoms with Crippen molar-refractivity contribution in [1.29, 1.82) is 0 Å². The van der Waals surface area contributed by atoms with Crippen LogP contribution in [0.15, 0.2) is 59.8 Å². The molecular formula is C17H14ClF2N3O2S. The van der Waals surface area contributed by atoms with Crippen molar-refractivity contribution in [3.63, 3.8) is 0 Å². The number of hydrogen-bond donors (Lipinski definition) is 1. The lowest BCUT2D eigenvalue weighted by Gasteiger charge is -2.19. The Kier molecular flexibility index (Phi) is 5.08. The van der Waals surface area contributed by atoms with E-state index in [1.807, 2.05) is 0 Å². The standard InChI is InChI=1S/C17H14ClF2N3O2S/c1-23-8-7-21-17(23)16(11-3-2-4-13(19)9-11)22-26(24,25)15-6-5-12(18)10-14(15)20/h2-10,16,22H,1H3/t16-/m1/s1. The molecule has 3 aromatic rings. The van der Waals surface area contributed by atoms with Crippen LogP contribution in [0.1, 0.15) is 17.4 Å². The molecule has 1 N–H and O–H groups in total. The van der Waals surface area contributed by atoms with Gasteiger partial charge in [-0.15, -0.1) is 0 Å². The average Bonchev–Trinajstić information content (AvgIpc) is 2.98. The minimum atomic E-state index is -4.27. The lowest BCUT2D eigenvalue weighted by molar-refractivity contribution is 0.543. The van der Waals surface area contributed by atoms with E-state index in [1.165, 1.54) is 30.5 Å². The molecule has 0 radical (unpaired) electrons. The van der Waals surface area contributed by atoms with Crippen LogP contribution in [-0.2, 0) is 17.1 Å². The van der Waals surface area contributed by atoms with E-state index in [0.29, 0.717) is 11.4 Å². The summed E-state index contributed by atoms with van der Waals surface area (Å²) >= 11 is 5.68. The van der Waals surface area contributed by atoms with Crippen LogP contribution in [0.5, 0.6) is 0 Å². The van der Waals surface area contributed by atoms with Gasteiger partial charge >= 0.3 is 0 Å². The molecule has 26 heavy (non-hydrogen) atoms. The summed E-state index contributed by atoms with van der Waals surface area (Å²) in [5, 5.41) is 0.0761. The number of aryl methyl sites for hydroxylation is 1. The van der Waals surface area contributed by atoms with Crippen LogP contribution in [0.3, 0.4) is 0 Å². The lowest BCUT2D eigenvalue weighted by Crippen LogP contribution is -2.31. The molecule has 136 valence electrons. The van der Waals surface area contributed by atoms with Crippen LogP contribution in [0.2, 0.25) is 5.02 Å². The van der Waals surface area contributed by atoms with E-state index < -0.39 is 32.6 Å². The molecule has 1 aromatic heterocycles. The molecule has 0 unspecified atom stereocenters. The SMILES string of the molecule is Cn1ccnc1[C@H](NS(=O)(=O)c1ccc(Cl)cc1F)c1cccc(F)c1. The molecular weight excluding hydrogens is 384 g/mol. The first-order valence-corrected chi connectivity index (χ1v) is 9.34. The maximum atomic E-state index is 14.1. The molecule has 3 rings (SSSR count). The minimum absolute atomic E-state index is 0.0761. The Labute approximate surface area is 154 Å². The van der Waals surface area contributed by atoms with E-state index >= 15 is 0 Å². The number of aromatic nitrogens is 2. The van der Waals surface area contributed by atoms with Gasteiger partial charge in [-0.2, -0.15) is 4.72 Å². The Morgan fingerprint density at radius 1 is 1.19 bits per heavy atom. The Balaban J connectivity index is 2.07. The Morgan fingerprint density at radius 2 is 1.96 bits per heavy atom. The van der Waals surface area contributed by atoms with Gasteiger partial charge in [0.05, 0.1) is 0 Å². The van der Waals surface area contributed by atoms with Crippen molar-refractivity contribution >= 4 is 21.6 Å². The van der Waals surface area contributed by atoms with Gasteiger partial charge < -0.3 is 4.57 Å². The first-order chi connectivity index (χ1) is 12.3. The summed E-state index contributed by atoms with van der Waals surface area (Å²) in [5.74, 6) is -1.19. The number of sulfonamides is 1. The summed E-state index contributed by atoms with van der Waals surface area (Å²) in [6.45, 7) is 0. The average molecular weight is 398 g/mol. The van der Waals surface area contributed by atoms with E-state index in [0.717, 1.165) is 12.1 Å². The largest absolute Gasteiger partial charge is 0.336 e. The molecule has 0 spiro atoms. The summed E-state index contributed by atoms with van der Waals surface area (Å²) < 4.78 is 57.2. The molecule has 0 saturated carbocycles. The first kappa shape index (κ1) is 18.5. The Bertz CT molecular complexity index is 1050. The molecule has 0 aliphatic carbocycles. The van der Waals surface area contributed by atoms with Crippen LogP contribution < -0.4 is 4.72 Å². The van der Waals surface area contributed by atoms with Gasteiger partial charge in [0.1, 0.15) is 28.4 Å². The van der Waals surface area contributed by atoms with Gasteiger partial charge in [0, 0.05) is 24.5 Å². The van der Waals surface area contributed by atoms with Crippen molar-refractivity contribution in [3.8, 4) is 0 Å². The summed E-state index contributed by atoms with van der Waals surface area (Å²) in [5.41, 5.74) is 0.331. The summed E-state index contributed by atoms with van der Waals surface area (Å²) in [6, 6.07) is 7.70. The highest BCUT2D eigenvalue weighted by Crippen LogP contribution is 2.25. The zero-order chi connectivity index (χ0) is 18.9. The van der Waals surface area contributed by atoms with E-state index in [9.17, 15) is 17.2 Å². The number of hydrogen-bond acceptors (Lipinski definition) is 3. The van der Waals surface area contributed by atoms with Crippen LogP contribution in [0.4, 0.5) is 8.78 Å². The van der Waals surface area contributed by atoms with E-state index in [2.05, 4.69) is 9.71 Å². The second-order valence-electron chi connectivity index (χ2n) is 5.58. The zero-order valence-electron chi connectivity index (χ0n) is 13.5. The first-order valence-electron chi connectivity index (χ1n) is 7.48. The third kappa shape index (κ3) is 3.77. The molecule has 5 nitrogen and oxygen atoms in total. The molecule has 0 fully saturated rings. The fourth-order valence-corrected chi connectivity index (χ4v) is 3.92. The van der Waals surface area contributed by atoms with Gasteiger partial charge in [-0.1, -0.05) is 23.7 Å². The smallest absolute Gasteiger partial charge is 0.244 e. The van der Waals surface area contributed by atoms with Crippen LogP contribution in [-0.4, -0.2) is 18.0 Å². The quantitative estimate of drug-likeness (QED) is 0.717. The molecule has 1 atom stereocenters. The fourth-order valence-electron chi connectivity index (χ4n) is 2.52. The second-order valence-corrected chi connectivity index (χ2v) is 7.70. The molecule has 0 aliphatic rings. The minimum Gasteiger partial charge on any atom is -0.336 e. The number of nitrogens with zero attached hydrogens (tertiary/aromatic N) is 2. The van der Waals surface area contributed by atoms with E-state index in [-0.39, 0.29) is 5.02 Å². The monoisotopic (exact) mass is 397 g/mol. The van der Waals surface area contributed by atoms with Crippen LogP contribution in [0, 0.1) is 11.6 Å². The van der Waals surface area contributed by atoms with Crippen molar-refractivity contribution in [2.45, 2.75) is 10.9 Å². The fraction of sp³-hybridized carbons (Fsp3) is 0.118. The molecule has 0 aliphatic heterocycles. The second kappa shape index (κ2) is 7.14. The highest BCUT2D eigenvalue weighted by atomic mass is 35.5. The third-order valence-electron chi connectivity index (χ3n) is 3.76. The molecule has 2 aromatic carbocycles. The summed E-state index contributed by atoms with van der Waals surface area (Å²) in [6.07, 6.45) is 3.11. The van der Waals surface area contributed by atoms with Gasteiger partial charge in [-0.05, 0) is 35.9 Å². The molecule has 1 heterocycles. The molecule has 0 amide bonds. The van der Waals surface area contributed by atoms with Crippen molar-refractivity contribution < 1.29 is 17.2 Å². The summed E-state index contributed by atoms with van der Waals surface area (Å²) in [7, 11) is -2.60. The van der Waals surface area contributed by atoms with Gasteiger partial charge in [-0.25, -0.2) is 22.2 Å². The molecule has 9 heteroatoms. The lowest BCUT2D eigenvalue weighted by atomic mass is 10.1. The van der Waals surface area contributed by atoms with Gasteiger partial charge in [0.25, 0.3) is 0 Å². The number of benzene rings is 2. The van der Waals surface area contributed by atoms with Crippen molar-refractivity contribution in [2.75, 3.05) is 0 Å². The highest BCUT2D eigenvalue weighted by Gasteiger charge is 2.28. The predicted octanol–water partition coefficient (Wildman–Crippen LogP) is 3.42. The number of halogens is 3. The maximum absolute atomic E-state index is 14.1. The number of imidazole rings is 1. The van der Waals surface area contributed by atoms with Crippen molar-refractivity contribution in [2.24, 2.45) is 7.05 Å². The van der Waals surface area contributed by atoms with E-state index in [4.69, 9.17) is 11.6 Å². The Hall–Kier alpha value is -2.29. The van der Waals surface area contributed by atoms with Crippen LogP contribution in [0.25, 0.3) is 0 Å². The molecule has 0 bridgehead atoms. The van der Waals surface area contributed by atoms with E-state index in [1.54, 1.807) is 23.9 Å². The van der Waals surface area contributed by atoms with Crippen molar-refractivity contribution in [1.82, 2.24) is 14.3 Å². The number of nitrogens with one attached hydrogen (secondary N) is 1. The maximum Gasteiger partial charge on any atom is 0.244 e. The molecule has 0 saturated heterocycles. The Morgan fingerprint density at radius 3 is 2.58 bits per heavy atom. The van der Waals surface area contributed by atoms with Gasteiger partial charge in [0.2, 0.25) is 10.0 Å². The van der Waals surface area contributed by atoms with Crippen molar-refractivity contribution in [3.05, 3.63) is 82.9 Å². The van der Waals surface area contributed by atoms with Gasteiger partial charge in [0.15, 0.2) is 0 Å². The predicted molar refractivity (Wildman–Crippen MR) is 93.2 cm³/mol. The van der Waals surface area contributed by atoms with Gasteiger partial charge in [-0.3, -0.25) is 0 Å². The number of rotatable bonds is 5. The zero-order valence-corrected chi connectivity index (χ0v) is 15.1.